The lowest BCUT2D eigenvalue weighted by Gasteiger charge is -2.14. The Bertz CT molecular complexity index is 906. The van der Waals surface area contributed by atoms with Crippen molar-refractivity contribution in [3.63, 3.8) is 0 Å². The van der Waals surface area contributed by atoms with Crippen molar-refractivity contribution in [3.8, 4) is 0 Å². The van der Waals surface area contributed by atoms with E-state index in [9.17, 15) is 26.4 Å². The van der Waals surface area contributed by atoms with E-state index in [1.807, 2.05) is 0 Å². The number of sulfone groups is 1. The molecule has 0 heterocycles. The third-order valence-electron chi connectivity index (χ3n) is 3.65. The van der Waals surface area contributed by atoms with Crippen molar-refractivity contribution in [2.24, 2.45) is 0 Å². The van der Waals surface area contributed by atoms with Crippen LogP contribution in [0.5, 0.6) is 0 Å². The van der Waals surface area contributed by atoms with Gasteiger partial charge in [0.1, 0.15) is 0 Å². The number of hydrogen-bond donors (Lipinski definition) is 1. The smallest absolute Gasteiger partial charge is 0.322 e. The number of nitrogens with one attached hydrogen (secondary N) is 1. The molecule has 0 fully saturated rings. The van der Waals surface area contributed by atoms with E-state index in [1.165, 1.54) is 50.2 Å². The van der Waals surface area contributed by atoms with Crippen molar-refractivity contribution in [1.82, 2.24) is 0 Å². The van der Waals surface area contributed by atoms with Crippen LogP contribution < -0.4 is 5.32 Å². The second kappa shape index (κ2) is 6.87. The first kappa shape index (κ1) is 19.0. The summed E-state index contributed by atoms with van der Waals surface area (Å²) in [4.78, 5) is 12.2. The summed E-state index contributed by atoms with van der Waals surface area (Å²) < 4.78 is 63.0. The Kier molecular flexibility index (Phi) is 5.22. The maximum Gasteiger partial charge on any atom is 0.416 e. The Labute approximate surface area is 143 Å². The van der Waals surface area contributed by atoms with Crippen molar-refractivity contribution < 1.29 is 26.4 Å². The monoisotopic (exact) mass is 371 g/mol. The molecule has 0 saturated heterocycles. The lowest BCUT2D eigenvalue weighted by molar-refractivity contribution is -0.138. The Morgan fingerprint density at radius 1 is 1.12 bits per heavy atom. The topological polar surface area (TPSA) is 63.2 Å². The van der Waals surface area contributed by atoms with Gasteiger partial charge in [-0.25, -0.2) is 8.42 Å². The van der Waals surface area contributed by atoms with Gasteiger partial charge in [0.15, 0.2) is 9.84 Å². The molecule has 2 rings (SSSR count). The van der Waals surface area contributed by atoms with Crippen molar-refractivity contribution >= 4 is 21.4 Å². The summed E-state index contributed by atoms with van der Waals surface area (Å²) >= 11 is 0. The van der Waals surface area contributed by atoms with E-state index in [4.69, 9.17) is 0 Å². The lowest BCUT2D eigenvalue weighted by atomic mass is 10.1. The highest BCUT2D eigenvalue weighted by atomic mass is 32.2. The normalized spacial score (nSPS) is 12.0. The van der Waals surface area contributed by atoms with Crippen molar-refractivity contribution in [3.05, 3.63) is 59.2 Å². The number of halogens is 3. The molecule has 0 unspecified atom stereocenters. The van der Waals surface area contributed by atoms with Gasteiger partial charge in [-0.1, -0.05) is 25.1 Å². The molecule has 0 saturated carbocycles. The minimum atomic E-state index is -4.55. The molecule has 0 bridgehead atoms. The molecule has 0 aromatic heterocycles. The Balaban J connectivity index is 2.40. The summed E-state index contributed by atoms with van der Waals surface area (Å²) in [6.07, 6.45) is -4.55. The fourth-order valence-corrected chi connectivity index (χ4v) is 3.38. The van der Waals surface area contributed by atoms with Gasteiger partial charge in [-0.05, 0) is 36.8 Å². The minimum Gasteiger partial charge on any atom is -0.322 e. The van der Waals surface area contributed by atoms with Crippen LogP contribution in [0.15, 0.2) is 47.4 Å². The van der Waals surface area contributed by atoms with E-state index in [0.717, 1.165) is 6.07 Å². The molecule has 0 spiro atoms. The first-order valence-corrected chi connectivity index (χ1v) is 9.02. The molecular weight excluding hydrogens is 355 g/mol. The van der Waals surface area contributed by atoms with Gasteiger partial charge in [-0.3, -0.25) is 4.79 Å². The van der Waals surface area contributed by atoms with E-state index < -0.39 is 27.5 Å². The number of aryl methyl sites for hydroxylation is 1. The number of alkyl halides is 3. The molecule has 2 aromatic carbocycles. The lowest BCUT2D eigenvalue weighted by Crippen LogP contribution is -2.18. The Hall–Kier alpha value is -2.35. The van der Waals surface area contributed by atoms with Crippen molar-refractivity contribution in [2.75, 3.05) is 11.1 Å². The number of benzene rings is 2. The van der Waals surface area contributed by atoms with Crippen LogP contribution in [-0.4, -0.2) is 20.1 Å². The highest BCUT2D eigenvalue weighted by Gasteiger charge is 2.32. The van der Waals surface area contributed by atoms with Gasteiger partial charge in [0.05, 0.1) is 21.8 Å². The summed E-state index contributed by atoms with van der Waals surface area (Å²) in [6.45, 7) is 2.76. The molecule has 1 N–H and O–H groups in total. The van der Waals surface area contributed by atoms with Crippen LogP contribution in [0.1, 0.15) is 28.4 Å². The zero-order valence-electron chi connectivity index (χ0n) is 13.5. The summed E-state index contributed by atoms with van der Waals surface area (Å²) in [5.41, 5.74) is -1.01. The molecule has 25 heavy (non-hydrogen) atoms. The number of amides is 1. The Morgan fingerprint density at radius 2 is 1.76 bits per heavy atom. The largest absolute Gasteiger partial charge is 0.416 e. The van der Waals surface area contributed by atoms with Crippen LogP contribution in [0, 0.1) is 6.92 Å². The van der Waals surface area contributed by atoms with E-state index in [0.29, 0.717) is 0 Å². The highest BCUT2D eigenvalue weighted by molar-refractivity contribution is 7.91. The van der Waals surface area contributed by atoms with E-state index in [-0.39, 0.29) is 27.5 Å². The third-order valence-corrected chi connectivity index (χ3v) is 5.43. The quantitative estimate of drug-likeness (QED) is 0.882. The predicted octanol–water partition coefficient (Wildman–Crippen LogP) is 4.06. The summed E-state index contributed by atoms with van der Waals surface area (Å²) in [6, 6.07) is 8.98. The number of rotatable bonds is 4. The fraction of sp³-hybridized carbons (Fsp3) is 0.235. The van der Waals surface area contributed by atoms with Gasteiger partial charge in [0.2, 0.25) is 0 Å². The third kappa shape index (κ3) is 4.19. The van der Waals surface area contributed by atoms with E-state index in [2.05, 4.69) is 5.32 Å². The number of anilines is 1. The maximum atomic E-state index is 13.0. The second-order valence-electron chi connectivity index (χ2n) is 5.38. The van der Waals surface area contributed by atoms with Gasteiger partial charge < -0.3 is 5.32 Å². The summed E-state index contributed by atoms with van der Waals surface area (Å²) in [5, 5.41) is 2.33. The van der Waals surface area contributed by atoms with Crippen LogP contribution >= 0.6 is 0 Å². The van der Waals surface area contributed by atoms with E-state index >= 15 is 0 Å². The van der Waals surface area contributed by atoms with Gasteiger partial charge >= 0.3 is 6.18 Å². The van der Waals surface area contributed by atoms with Crippen LogP contribution in [0.25, 0.3) is 0 Å². The molecule has 4 nitrogen and oxygen atoms in total. The average Bonchev–Trinajstić information content (AvgIpc) is 2.55. The summed E-state index contributed by atoms with van der Waals surface area (Å²) in [7, 11) is -3.65. The van der Waals surface area contributed by atoms with Gasteiger partial charge in [0, 0.05) is 5.69 Å². The van der Waals surface area contributed by atoms with Gasteiger partial charge in [-0.2, -0.15) is 13.2 Å². The summed E-state index contributed by atoms with van der Waals surface area (Å²) in [5.74, 6) is -0.982. The predicted molar refractivity (Wildman–Crippen MR) is 88.3 cm³/mol. The van der Waals surface area contributed by atoms with Crippen LogP contribution in [-0.2, 0) is 16.0 Å². The average molecular weight is 371 g/mol. The molecule has 134 valence electrons. The molecule has 0 aliphatic rings. The second-order valence-corrected chi connectivity index (χ2v) is 7.63. The molecule has 1 amide bonds. The maximum absolute atomic E-state index is 13.0. The molecule has 0 aliphatic carbocycles. The zero-order valence-corrected chi connectivity index (χ0v) is 14.3. The number of hydrogen-bond acceptors (Lipinski definition) is 3. The number of carbonyl (C=O) groups is 1. The standard InChI is InChI=1S/C17H16F3NO3S/c1-3-25(23,24)15-7-5-4-6-13(15)16(22)21-12-9-8-11(2)14(10-12)17(18,19)20/h4-10H,3H2,1-2H3,(H,21,22). The Morgan fingerprint density at radius 3 is 2.36 bits per heavy atom. The highest BCUT2D eigenvalue weighted by Crippen LogP contribution is 2.33. The number of carbonyl (C=O) groups excluding carboxylic acids is 1. The van der Waals surface area contributed by atoms with Gasteiger partial charge in [-0.15, -0.1) is 0 Å². The van der Waals surface area contributed by atoms with Crippen molar-refractivity contribution in [1.29, 1.82) is 0 Å². The minimum absolute atomic E-state index is 0.0273. The molecule has 8 heteroatoms. The molecule has 2 aromatic rings. The van der Waals surface area contributed by atoms with Crippen molar-refractivity contribution in [2.45, 2.75) is 24.9 Å². The molecule has 0 atom stereocenters. The molecule has 0 radical (unpaired) electrons. The zero-order chi connectivity index (χ0) is 18.8. The SMILES string of the molecule is CCS(=O)(=O)c1ccccc1C(=O)Nc1ccc(C)c(C(F)(F)F)c1. The molecular formula is C17H16F3NO3S. The first-order chi connectivity index (χ1) is 11.6. The first-order valence-electron chi connectivity index (χ1n) is 7.37. The van der Waals surface area contributed by atoms with Crippen LogP contribution in [0.2, 0.25) is 0 Å². The molecule has 0 aliphatic heterocycles. The van der Waals surface area contributed by atoms with Gasteiger partial charge in [0.25, 0.3) is 5.91 Å². The van der Waals surface area contributed by atoms with E-state index in [1.54, 1.807) is 0 Å². The van der Waals surface area contributed by atoms with Crippen LogP contribution in [0.4, 0.5) is 18.9 Å². The fourth-order valence-electron chi connectivity index (χ4n) is 2.28. The van der Waals surface area contributed by atoms with Crippen LogP contribution in [0.3, 0.4) is 0 Å².